The highest BCUT2D eigenvalue weighted by Gasteiger charge is 1.93. The molecule has 0 aliphatic carbocycles. The first-order valence-electron chi connectivity index (χ1n) is 4.09. The lowest BCUT2D eigenvalue weighted by Crippen LogP contribution is -1.97. The highest BCUT2D eigenvalue weighted by Crippen LogP contribution is 2.00. The summed E-state index contributed by atoms with van der Waals surface area (Å²) in [5.41, 5.74) is 0. The molecule has 0 aromatic carbocycles. The standard InChI is InChI=1S/C8H17NOS/c1-3-5-8(2)9-6-4-7-11-10/h6,8,10H,3-5,7H2,1-2H3. The first kappa shape index (κ1) is 11.0. The average molecular weight is 175 g/mol. The fraction of sp³-hybridized carbons (Fsp3) is 0.875. The summed E-state index contributed by atoms with van der Waals surface area (Å²) in [7, 11) is 0. The van der Waals surface area contributed by atoms with Gasteiger partial charge >= 0.3 is 0 Å². The molecule has 0 rings (SSSR count). The van der Waals surface area contributed by atoms with Crippen molar-refractivity contribution in [1.82, 2.24) is 0 Å². The van der Waals surface area contributed by atoms with Crippen LogP contribution in [0.1, 0.15) is 33.1 Å². The number of rotatable bonds is 6. The molecule has 0 aromatic heterocycles. The lowest BCUT2D eigenvalue weighted by Gasteiger charge is -2.01. The van der Waals surface area contributed by atoms with Gasteiger partial charge in [-0.25, -0.2) is 0 Å². The predicted molar refractivity (Wildman–Crippen MR) is 52.6 cm³/mol. The third-order valence-corrected chi connectivity index (χ3v) is 1.82. The van der Waals surface area contributed by atoms with Gasteiger partial charge in [0.1, 0.15) is 0 Å². The van der Waals surface area contributed by atoms with E-state index >= 15 is 0 Å². The zero-order valence-corrected chi connectivity index (χ0v) is 8.10. The van der Waals surface area contributed by atoms with E-state index in [1.165, 1.54) is 6.42 Å². The maximum Gasteiger partial charge on any atom is 0.0467 e. The van der Waals surface area contributed by atoms with Crippen molar-refractivity contribution in [2.75, 3.05) is 5.75 Å². The zero-order valence-electron chi connectivity index (χ0n) is 7.29. The molecule has 0 amide bonds. The molecule has 0 saturated carbocycles. The summed E-state index contributed by atoms with van der Waals surface area (Å²) in [4.78, 5) is 4.30. The first-order chi connectivity index (χ1) is 5.31. The van der Waals surface area contributed by atoms with Crippen molar-refractivity contribution in [2.24, 2.45) is 4.99 Å². The van der Waals surface area contributed by atoms with Crippen molar-refractivity contribution in [3.63, 3.8) is 0 Å². The van der Waals surface area contributed by atoms with Gasteiger partial charge < -0.3 is 4.55 Å². The maximum atomic E-state index is 8.39. The van der Waals surface area contributed by atoms with Crippen LogP contribution < -0.4 is 0 Å². The summed E-state index contributed by atoms with van der Waals surface area (Å²) in [5.74, 6) is 0.752. The molecule has 1 atom stereocenters. The zero-order chi connectivity index (χ0) is 8.53. The minimum absolute atomic E-state index is 0.448. The fourth-order valence-electron chi connectivity index (χ4n) is 0.852. The van der Waals surface area contributed by atoms with Gasteiger partial charge in [0.15, 0.2) is 0 Å². The molecule has 1 unspecified atom stereocenters. The van der Waals surface area contributed by atoms with E-state index in [2.05, 4.69) is 18.8 Å². The third kappa shape index (κ3) is 7.88. The monoisotopic (exact) mass is 175 g/mol. The number of aliphatic imine (C=N–C) groups is 1. The second-order valence-electron chi connectivity index (χ2n) is 2.59. The lowest BCUT2D eigenvalue weighted by molar-refractivity contribution is 0.654. The molecule has 0 heterocycles. The van der Waals surface area contributed by atoms with Crippen LogP contribution in [0.15, 0.2) is 4.99 Å². The Hall–Kier alpha value is -0.0200. The molecular formula is C8H17NOS. The first-order valence-corrected chi connectivity index (χ1v) is 5.03. The summed E-state index contributed by atoms with van der Waals surface area (Å²) in [6, 6.07) is 0.448. The molecule has 3 heteroatoms. The topological polar surface area (TPSA) is 32.6 Å². The molecule has 1 N–H and O–H groups in total. The largest absolute Gasteiger partial charge is 0.330 e. The van der Waals surface area contributed by atoms with Gasteiger partial charge in [0.25, 0.3) is 0 Å². The van der Waals surface area contributed by atoms with Crippen molar-refractivity contribution in [3.05, 3.63) is 0 Å². The van der Waals surface area contributed by atoms with Crippen LogP contribution in [0, 0.1) is 0 Å². The summed E-state index contributed by atoms with van der Waals surface area (Å²) >= 11 is 0.875. The maximum absolute atomic E-state index is 8.39. The Morgan fingerprint density at radius 1 is 1.64 bits per heavy atom. The van der Waals surface area contributed by atoms with Crippen LogP contribution in [-0.4, -0.2) is 22.6 Å². The van der Waals surface area contributed by atoms with Gasteiger partial charge in [-0.3, -0.25) is 4.99 Å². The van der Waals surface area contributed by atoms with Crippen molar-refractivity contribution >= 4 is 18.3 Å². The number of nitrogens with zero attached hydrogens (tertiary/aromatic N) is 1. The van der Waals surface area contributed by atoms with Gasteiger partial charge in [-0.2, -0.15) is 0 Å². The number of hydrogen-bond donors (Lipinski definition) is 1. The molecule has 66 valence electrons. The van der Waals surface area contributed by atoms with E-state index in [-0.39, 0.29) is 0 Å². The smallest absolute Gasteiger partial charge is 0.0467 e. The summed E-state index contributed by atoms with van der Waals surface area (Å²) < 4.78 is 8.39. The highest BCUT2D eigenvalue weighted by atomic mass is 32.2. The van der Waals surface area contributed by atoms with Crippen LogP contribution in [0.4, 0.5) is 0 Å². The Bertz CT molecular complexity index is 106. The Balaban J connectivity index is 3.24. The molecule has 0 aromatic rings. The molecule has 2 nitrogen and oxygen atoms in total. The Labute approximate surface area is 73.3 Å². The Morgan fingerprint density at radius 3 is 2.91 bits per heavy atom. The quantitative estimate of drug-likeness (QED) is 0.382. The van der Waals surface area contributed by atoms with E-state index < -0.39 is 0 Å². The van der Waals surface area contributed by atoms with Crippen LogP contribution in [0.25, 0.3) is 0 Å². The van der Waals surface area contributed by atoms with Crippen LogP contribution in [-0.2, 0) is 0 Å². The van der Waals surface area contributed by atoms with Crippen LogP contribution >= 0.6 is 12.0 Å². The minimum atomic E-state index is 0.448. The van der Waals surface area contributed by atoms with Crippen LogP contribution in [0.2, 0.25) is 0 Å². The number of hydrogen-bond acceptors (Lipinski definition) is 3. The van der Waals surface area contributed by atoms with Gasteiger partial charge in [-0.1, -0.05) is 13.3 Å². The van der Waals surface area contributed by atoms with Crippen molar-refractivity contribution in [2.45, 2.75) is 39.2 Å². The summed E-state index contributed by atoms with van der Waals surface area (Å²) in [5, 5.41) is 0. The second-order valence-corrected chi connectivity index (χ2v) is 3.26. The molecule has 11 heavy (non-hydrogen) atoms. The normalized spacial score (nSPS) is 14.1. The van der Waals surface area contributed by atoms with Crippen LogP contribution in [0.3, 0.4) is 0 Å². The van der Waals surface area contributed by atoms with Crippen molar-refractivity contribution in [1.29, 1.82) is 0 Å². The lowest BCUT2D eigenvalue weighted by atomic mass is 10.2. The van der Waals surface area contributed by atoms with E-state index in [9.17, 15) is 0 Å². The molecule has 0 fully saturated rings. The van der Waals surface area contributed by atoms with E-state index in [0.717, 1.165) is 30.6 Å². The molecule has 0 saturated heterocycles. The van der Waals surface area contributed by atoms with Crippen molar-refractivity contribution < 1.29 is 4.55 Å². The predicted octanol–water partition coefficient (Wildman–Crippen LogP) is 2.84. The molecule has 0 aliphatic heterocycles. The second kappa shape index (κ2) is 8.08. The Kier molecular flexibility index (Phi) is 8.07. The molecule has 0 radical (unpaired) electrons. The Morgan fingerprint density at radius 2 is 2.36 bits per heavy atom. The highest BCUT2D eigenvalue weighted by molar-refractivity contribution is 7.93. The van der Waals surface area contributed by atoms with Gasteiger partial charge in [0.05, 0.1) is 0 Å². The SMILES string of the molecule is CCCC(C)N=CCCSO. The molecular weight excluding hydrogens is 158 g/mol. The third-order valence-electron chi connectivity index (χ3n) is 1.40. The fourth-order valence-corrected chi connectivity index (χ4v) is 1.06. The van der Waals surface area contributed by atoms with Gasteiger partial charge in [0, 0.05) is 11.8 Å². The van der Waals surface area contributed by atoms with E-state index in [4.69, 9.17) is 4.55 Å². The van der Waals surface area contributed by atoms with Gasteiger partial charge in [-0.05, 0) is 38.0 Å². The van der Waals surface area contributed by atoms with E-state index in [1.54, 1.807) is 0 Å². The van der Waals surface area contributed by atoms with Crippen molar-refractivity contribution in [3.8, 4) is 0 Å². The van der Waals surface area contributed by atoms with Crippen LogP contribution in [0.5, 0.6) is 0 Å². The van der Waals surface area contributed by atoms with E-state index in [1.807, 2.05) is 6.21 Å². The van der Waals surface area contributed by atoms with E-state index in [0.29, 0.717) is 6.04 Å². The minimum Gasteiger partial charge on any atom is -0.330 e. The molecule has 0 aliphatic rings. The van der Waals surface area contributed by atoms with Gasteiger partial charge in [-0.15, -0.1) is 0 Å². The summed E-state index contributed by atoms with van der Waals surface area (Å²) in [6.45, 7) is 4.28. The average Bonchev–Trinajstić information content (AvgIpc) is 1.99. The molecule has 0 spiro atoms. The van der Waals surface area contributed by atoms with Gasteiger partial charge in [0.2, 0.25) is 0 Å². The molecule has 0 bridgehead atoms. The summed E-state index contributed by atoms with van der Waals surface area (Å²) in [6.07, 6.45) is 5.12.